The molecule has 2 rings (SSSR count). The Balaban J connectivity index is 2.06. The highest BCUT2D eigenvalue weighted by Crippen LogP contribution is 2.32. The number of benzene rings is 1. The van der Waals surface area contributed by atoms with Crippen LogP contribution in [0.5, 0.6) is 5.75 Å². The van der Waals surface area contributed by atoms with Crippen molar-refractivity contribution in [1.29, 1.82) is 0 Å². The van der Waals surface area contributed by atoms with Gasteiger partial charge in [-0.05, 0) is 24.5 Å². The molecule has 130 valence electrons. The zero-order valence-corrected chi connectivity index (χ0v) is 15.2. The van der Waals surface area contributed by atoms with Gasteiger partial charge in [0.1, 0.15) is 23.1 Å². The number of aromatic nitrogens is 1. The van der Waals surface area contributed by atoms with Crippen molar-refractivity contribution in [1.82, 2.24) is 10.3 Å². The lowest BCUT2D eigenvalue weighted by molar-refractivity contribution is 0.0948. The van der Waals surface area contributed by atoms with Gasteiger partial charge in [0.15, 0.2) is 0 Å². The molecule has 0 bridgehead atoms. The predicted octanol–water partition coefficient (Wildman–Crippen LogP) is 3.61. The molecule has 0 saturated heterocycles. The zero-order valence-electron chi connectivity index (χ0n) is 14.4. The fourth-order valence-corrected chi connectivity index (χ4v) is 2.90. The van der Waals surface area contributed by atoms with Crippen molar-refractivity contribution < 1.29 is 14.3 Å². The number of thiazole rings is 1. The number of ether oxygens (including phenoxy) is 2. The predicted molar refractivity (Wildman–Crippen MR) is 96.7 cm³/mol. The Kier molecular flexibility index (Phi) is 7.21. The molecule has 1 amide bonds. The zero-order chi connectivity index (χ0) is 17.4. The summed E-state index contributed by atoms with van der Waals surface area (Å²) in [5.41, 5.74) is 1.34. The van der Waals surface area contributed by atoms with Crippen LogP contribution in [0.25, 0.3) is 10.6 Å². The van der Waals surface area contributed by atoms with Gasteiger partial charge in [-0.2, -0.15) is 0 Å². The highest BCUT2D eigenvalue weighted by Gasteiger charge is 2.14. The smallest absolute Gasteiger partial charge is 0.270 e. The van der Waals surface area contributed by atoms with Crippen molar-refractivity contribution in [2.24, 2.45) is 5.92 Å². The molecule has 1 heterocycles. The van der Waals surface area contributed by atoms with Crippen LogP contribution in [0.3, 0.4) is 0 Å². The highest BCUT2D eigenvalue weighted by atomic mass is 32.1. The Labute approximate surface area is 147 Å². The summed E-state index contributed by atoms with van der Waals surface area (Å²) < 4.78 is 10.7. The molecule has 0 saturated carbocycles. The highest BCUT2D eigenvalue weighted by molar-refractivity contribution is 7.13. The van der Waals surface area contributed by atoms with Crippen molar-refractivity contribution in [3.63, 3.8) is 0 Å². The molecule has 1 aromatic carbocycles. The summed E-state index contributed by atoms with van der Waals surface area (Å²) in [6, 6.07) is 7.69. The van der Waals surface area contributed by atoms with E-state index in [4.69, 9.17) is 9.47 Å². The Bertz CT molecular complexity index is 655. The average Bonchev–Trinajstić information content (AvgIpc) is 3.05. The van der Waals surface area contributed by atoms with Crippen LogP contribution in [-0.4, -0.2) is 37.8 Å². The van der Waals surface area contributed by atoms with E-state index >= 15 is 0 Å². The van der Waals surface area contributed by atoms with Crippen LogP contribution in [0.4, 0.5) is 0 Å². The summed E-state index contributed by atoms with van der Waals surface area (Å²) in [5.74, 6) is 1.18. The van der Waals surface area contributed by atoms with Crippen molar-refractivity contribution >= 4 is 17.2 Å². The van der Waals surface area contributed by atoms with Crippen LogP contribution in [-0.2, 0) is 4.74 Å². The van der Waals surface area contributed by atoms with E-state index in [9.17, 15) is 4.79 Å². The molecular weight excluding hydrogens is 324 g/mol. The van der Waals surface area contributed by atoms with Gasteiger partial charge in [0.05, 0.1) is 12.2 Å². The molecule has 0 unspecified atom stereocenters. The second-order valence-electron chi connectivity index (χ2n) is 5.81. The molecule has 0 atom stereocenters. The van der Waals surface area contributed by atoms with Gasteiger partial charge in [0.25, 0.3) is 5.91 Å². The van der Waals surface area contributed by atoms with Gasteiger partial charge in [-0.15, -0.1) is 11.3 Å². The lowest BCUT2D eigenvalue weighted by atomic mass is 10.1. The number of nitrogens with one attached hydrogen (secondary N) is 1. The minimum atomic E-state index is -0.129. The lowest BCUT2D eigenvalue weighted by Crippen LogP contribution is -2.25. The maximum Gasteiger partial charge on any atom is 0.270 e. The first-order chi connectivity index (χ1) is 11.6. The van der Waals surface area contributed by atoms with Gasteiger partial charge in [0.2, 0.25) is 0 Å². The van der Waals surface area contributed by atoms with Crippen molar-refractivity contribution in [2.75, 3.05) is 26.9 Å². The largest absolute Gasteiger partial charge is 0.490 e. The van der Waals surface area contributed by atoms with Crippen molar-refractivity contribution in [2.45, 2.75) is 20.3 Å². The summed E-state index contributed by atoms with van der Waals surface area (Å²) in [7, 11) is 1.64. The third kappa shape index (κ3) is 5.32. The van der Waals surface area contributed by atoms with Crippen LogP contribution < -0.4 is 10.1 Å². The van der Waals surface area contributed by atoms with Crippen molar-refractivity contribution in [3.8, 4) is 16.3 Å². The molecule has 1 aromatic heterocycles. The lowest BCUT2D eigenvalue weighted by Gasteiger charge is -2.09. The quantitative estimate of drug-likeness (QED) is 0.703. The molecule has 0 spiro atoms. The minimum Gasteiger partial charge on any atom is -0.490 e. The number of nitrogens with zero attached hydrogens (tertiary/aromatic N) is 1. The summed E-state index contributed by atoms with van der Waals surface area (Å²) in [5, 5.41) is 5.47. The van der Waals surface area contributed by atoms with E-state index < -0.39 is 0 Å². The molecule has 0 fully saturated rings. The summed E-state index contributed by atoms with van der Waals surface area (Å²) in [4.78, 5) is 16.6. The van der Waals surface area contributed by atoms with Crippen LogP contribution >= 0.6 is 11.3 Å². The molecule has 0 aliphatic heterocycles. The second-order valence-corrected chi connectivity index (χ2v) is 6.67. The SMILES string of the molecule is COCCOc1ccccc1-c1nc(C(=O)NCCC(C)C)cs1. The van der Waals surface area contributed by atoms with Gasteiger partial charge in [-0.3, -0.25) is 4.79 Å². The monoisotopic (exact) mass is 348 g/mol. The van der Waals surface area contributed by atoms with E-state index in [1.54, 1.807) is 12.5 Å². The Morgan fingerprint density at radius 2 is 2.08 bits per heavy atom. The number of rotatable bonds is 9. The second kappa shape index (κ2) is 9.39. The van der Waals surface area contributed by atoms with Gasteiger partial charge < -0.3 is 14.8 Å². The molecule has 5 nitrogen and oxygen atoms in total. The Hall–Kier alpha value is -1.92. The van der Waals surface area contributed by atoms with Crippen LogP contribution in [0, 0.1) is 5.92 Å². The number of carbonyl (C=O) groups is 1. The van der Waals surface area contributed by atoms with Crippen molar-refractivity contribution in [3.05, 3.63) is 35.3 Å². The van der Waals surface area contributed by atoms with Crippen LogP contribution in [0.1, 0.15) is 30.8 Å². The van der Waals surface area contributed by atoms with E-state index in [2.05, 4.69) is 24.1 Å². The first kappa shape index (κ1) is 18.4. The van der Waals surface area contributed by atoms with Gasteiger partial charge in [-0.1, -0.05) is 26.0 Å². The van der Waals surface area contributed by atoms with E-state index in [1.165, 1.54) is 11.3 Å². The third-order valence-electron chi connectivity index (χ3n) is 3.41. The normalized spacial score (nSPS) is 10.8. The van der Waals surface area contributed by atoms with Gasteiger partial charge in [0, 0.05) is 19.0 Å². The first-order valence-corrected chi connectivity index (χ1v) is 8.94. The first-order valence-electron chi connectivity index (χ1n) is 8.06. The summed E-state index contributed by atoms with van der Waals surface area (Å²) >= 11 is 1.44. The maximum absolute atomic E-state index is 12.2. The fourth-order valence-electron chi connectivity index (χ4n) is 2.07. The molecule has 0 radical (unpaired) electrons. The van der Waals surface area contributed by atoms with E-state index in [-0.39, 0.29) is 5.91 Å². The number of hydrogen-bond acceptors (Lipinski definition) is 5. The molecule has 0 aliphatic rings. The molecule has 24 heavy (non-hydrogen) atoms. The fraction of sp³-hybridized carbons (Fsp3) is 0.444. The third-order valence-corrected chi connectivity index (χ3v) is 4.28. The standard InChI is InChI=1S/C18H24N2O3S/c1-13(2)8-9-19-17(21)15-12-24-18(20-15)14-6-4-5-7-16(14)23-11-10-22-3/h4-7,12-13H,8-11H2,1-3H3,(H,19,21). The molecule has 2 aromatic rings. The Morgan fingerprint density at radius 1 is 1.29 bits per heavy atom. The molecular formula is C18H24N2O3S. The van der Waals surface area contributed by atoms with Gasteiger partial charge >= 0.3 is 0 Å². The maximum atomic E-state index is 12.2. The summed E-state index contributed by atoms with van der Waals surface area (Å²) in [6.07, 6.45) is 0.957. The minimum absolute atomic E-state index is 0.129. The van der Waals surface area contributed by atoms with Gasteiger partial charge in [-0.25, -0.2) is 4.98 Å². The topological polar surface area (TPSA) is 60.5 Å². The van der Waals surface area contributed by atoms with E-state index in [0.717, 1.165) is 22.7 Å². The van der Waals surface area contributed by atoms with Crippen LogP contribution in [0.15, 0.2) is 29.6 Å². The molecule has 6 heteroatoms. The number of carbonyl (C=O) groups excluding carboxylic acids is 1. The van der Waals surface area contributed by atoms with E-state index in [1.807, 2.05) is 24.3 Å². The number of para-hydroxylation sites is 1. The molecule has 0 aliphatic carbocycles. The van der Waals surface area contributed by atoms with E-state index in [0.29, 0.717) is 31.4 Å². The summed E-state index contributed by atoms with van der Waals surface area (Å²) in [6.45, 7) is 5.93. The van der Waals surface area contributed by atoms with Crippen LogP contribution in [0.2, 0.25) is 0 Å². The Morgan fingerprint density at radius 3 is 2.83 bits per heavy atom. The molecule has 1 N–H and O–H groups in total. The average molecular weight is 348 g/mol. The number of amides is 1. The number of methoxy groups -OCH3 is 1. The number of hydrogen-bond donors (Lipinski definition) is 1.